The first kappa shape index (κ1) is 22.0. The second-order valence-corrected chi connectivity index (χ2v) is 8.56. The Balaban J connectivity index is 1.34. The van der Waals surface area contributed by atoms with Crippen LogP contribution < -0.4 is 5.32 Å². The Labute approximate surface area is 195 Å². The number of piperazine rings is 1. The van der Waals surface area contributed by atoms with Gasteiger partial charge in [0.1, 0.15) is 18.2 Å². The van der Waals surface area contributed by atoms with E-state index in [2.05, 4.69) is 5.32 Å². The van der Waals surface area contributed by atoms with Crippen molar-refractivity contribution >= 4 is 17.6 Å². The molecule has 5 rings (SSSR count). The summed E-state index contributed by atoms with van der Waals surface area (Å²) in [5, 5.41) is 12.5. The molecule has 0 bridgehead atoms. The van der Waals surface area contributed by atoms with Crippen LogP contribution >= 0.6 is 0 Å². The van der Waals surface area contributed by atoms with E-state index in [1.165, 1.54) is 35.2 Å². The molecule has 3 aromatic carbocycles. The molecule has 2 heterocycles. The van der Waals surface area contributed by atoms with Crippen molar-refractivity contribution in [2.45, 2.75) is 18.0 Å². The summed E-state index contributed by atoms with van der Waals surface area (Å²) in [7, 11) is 0. The van der Waals surface area contributed by atoms with Crippen LogP contribution in [0.3, 0.4) is 0 Å². The van der Waals surface area contributed by atoms with Crippen LogP contribution in [0.1, 0.15) is 11.5 Å². The third-order valence-electron chi connectivity index (χ3n) is 6.63. The number of carbonyl (C=O) groups excluding carboxylic acids is 2. The lowest BCUT2D eigenvalue weighted by atomic mass is 9.73. The highest BCUT2D eigenvalue weighted by molar-refractivity contribution is 5.94. The van der Waals surface area contributed by atoms with E-state index in [9.17, 15) is 23.5 Å². The van der Waals surface area contributed by atoms with Gasteiger partial charge in [0.2, 0.25) is 5.91 Å². The average molecular weight is 463 g/mol. The van der Waals surface area contributed by atoms with Crippen LogP contribution in [-0.2, 0) is 4.79 Å². The molecule has 3 amide bonds. The molecule has 3 atom stereocenters. The number of hydrogen-bond donors (Lipinski definition) is 2. The predicted molar refractivity (Wildman–Crippen MR) is 123 cm³/mol. The summed E-state index contributed by atoms with van der Waals surface area (Å²) in [6.07, 6.45) is 0. The molecule has 34 heavy (non-hydrogen) atoms. The van der Waals surface area contributed by atoms with E-state index in [-0.39, 0.29) is 55.1 Å². The average Bonchev–Trinajstić information content (AvgIpc) is 2.82. The van der Waals surface area contributed by atoms with E-state index in [4.69, 9.17) is 0 Å². The normalized spacial score (nSPS) is 21.6. The summed E-state index contributed by atoms with van der Waals surface area (Å²) in [6, 6.07) is 18.6. The molecule has 3 aromatic rings. The van der Waals surface area contributed by atoms with E-state index < -0.39 is 11.8 Å². The molecule has 0 unspecified atom stereocenters. The van der Waals surface area contributed by atoms with Gasteiger partial charge in [0.05, 0.1) is 24.4 Å². The summed E-state index contributed by atoms with van der Waals surface area (Å²) in [5.41, 5.74) is 2.80. The van der Waals surface area contributed by atoms with Gasteiger partial charge >= 0.3 is 6.03 Å². The van der Waals surface area contributed by atoms with Gasteiger partial charge in [-0.3, -0.25) is 4.79 Å². The van der Waals surface area contributed by atoms with Gasteiger partial charge < -0.3 is 20.2 Å². The van der Waals surface area contributed by atoms with Crippen LogP contribution in [0.4, 0.5) is 19.3 Å². The van der Waals surface area contributed by atoms with E-state index >= 15 is 0 Å². The topological polar surface area (TPSA) is 72.9 Å². The van der Waals surface area contributed by atoms with Crippen molar-refractivity contribution in [2.75, 3.05) is 25.0 Å². The number of carbonyl (C=O) groups is 2. The molecule has 6 nitrogen and oxygen atoms in total. The van der Waals surface area contributed by atoms with E-state index in [0.29, 0.717) is 0 Å². The number of nitrogens with one attached hydrogen (secondary N) is 1. The van der Waals surface area contributed by atoms with E-state index in [0.717, 1.165) is 16.7 Å². The number of aliphatic hydroxyl groups is 1. The lowest BCUT2D eigenvalue weighted by molar-refractivity contribution is -0.159. The number of anilines is 1. The number of halogens is 2. The third kappa shape index (κ3) is 3.90. The summed E-state index contributed by atoms with van der Waals surface area (Å²) < 4.78 is 27.2. The number of nitrogens with zero attached hydrogens (tertiary/aromatic N) is 2. The lowest BCUT2D eigenvalue weighted by Crippen LogP contribution is -2.73. The number of para-hydroxylation sites is 1. The molecule has 174 valence electrons. The van der Waals surface area contributed by atoms with Crippen molar-refractivity contribution in [2.24, 2.45) is 0 Å². The summed E-state index contributed by atoms with van der Waals surface area (Å²) in [6.45, 7) is -0.0511. The number of benzene rings is 3. The van der Waals surface area contributed by atoms with Crippen molar-refractivity contribution in [3.8, 4) is 11.1 Å². The fourth-order valence-corrected chi connectivity index (χ4v) is 4.95. The number of amides is 3. The van der Waals surface area contributed by atoms with Gasteiger partial charge in [0.25, 0.3) is 0 Å². The Bertz CT molecular complexity index is 1220. The molecule has 8 heteroatoms. The molecule has 2 aliphatic heterocycles. The number of urea groups is 1. The zero-order chi connectivity index (χ0) is 23.8. The van der Waals surface area contributed by atoms with Crippen LogP contribution in [-0.4, -0.2) is 58.6 Å². The van der Waals surface area contributed by atoms with Crippen molar-refractivity contribution in [1.29, 1.82) is 0 Å². The van der Waals surface area contributed by atoms with Gasteiger partial charge in [0.15, 0.2) is 0 Å². The standard InChI is InChI=1S/C26H23F2N3O3/c27-19-11-9-17(10-12-19)16-5-7-18(8-6-16)25-22-13-30(14-24(33)31(22)23(25)15-32)26(34)29-21-4-2-1-3-20(21)28/h1-12,22-23,25,32H,13-15H2,(H,29,34)/t22-,23+,25-/m1/s1. The molecule has 0 aliphatic carbocycles. The number of fused-ring (bicyclic) bond motifs is 1. The highest BCUT2D eigenvalue weighted by Gasteiger charge is 2.54. The monoisotopic (exact) mass is 463 g/mol. The molecular weight excluding hydrogens is 440 g/mol. The Morgan fingerprint density at radius 1 is 0.971 bits per heavy atom. The minimum Gasteiger partial charge on any atom is -0.394 e. The summed E-state index contributed by atoms with van der Waals surface area (Å²) >= 11 is 0. The quantitative estimate of drug-likeness (QED) is 0.618. The van der Waals surface area contributed by atoms with Gasteiger partial charge in [0, 0.05) is 12.5 Å². The lowest BCUT2D eigenvalue weighted by Gasteiger charge is -2.58. The fourth-order valence-electron chi connectivity index (χ4n) is 4.95. The molecule has 0 radical (unpaired) electrons. The second-order valence-electron chi connectivity index (χ2n) is 8.56. The molecule has 2 aliphatic rings. The molecule has 2 N–H and O–H groups in total. The van der Waals surface area contributed by atoms with E-state index in [1.54, 1.807) is 23.1 Å². The Kier molecular flexibility index (Phi) is 5.75. The van der Waals surface area contributed by atoms with Crippen LogP contribution in [0.25, 0.3) is 11.1 Å². The molecule has 0 spiro atoms. The Morgan fingerprint density at radius 2 is 1.62 bits per heavy atom. The van der Waals surface area contributed by atoms with Gasteiger partial charge in [-0.2, -0.15) is 0 Å². The third-order valence-corrected chi connectivity index (χ3v) is 6.63. The second kappa shape index (κ2) is 8.87. The van der Waals surface area contributed by atoms with E-state index in [1.807, 2.05) is 24.3 Å². The summed E-state index contributed by atoms with van der Waals surface area (Å²) in [5.74, 6) is -1.26. The van der Waals surface area contributed by atoms with Crippen LogP contribution in [0.5, 0.6) is 0 Å². The largest absolute Gasteiger partial charge is 0.394 e. The van der Waals surface area contributed by atoms with Gasteiger partial charge in [-0.15, -0.1) is 0 Å². The number of hydrogen-bond acceptors (Lipinski definition) is 3. The maximum absolute atomic E-state index is 13.9. The maximum atomic E-state index is 13.9. The Hall–Kier alpha value is -3.78. The van der Waals surface area contributed by atoms with Crippen molar-refractivity contribution < 1.29 is 23.5 Å². The van der Waals surface area contributed by atoms with Crippen LogP contribution in [0.15, 0.2) is 72.8 Å². The molecular formula is C26H23F2N3O3. The maximum Gasteiger partial charge on any atom is 0.322 e. The van der Waals surface area contributed by atoms with Crippen LogP contribution in [0, 0.1) is 11.6 Å². The smallest absolute Gasteiger partial charge is 0.322 e. The first-order valence-electron chi connectivity index (χ1n) is 11.0. The van der Waals surface area contributed by atoms with Crippen molar-refractivity contribution in [3.63, 3.8) is 0 Å². The van der Waals surface area contributed by atoms with Crippen LogP contribution in [0.2, 0.25) is 0 Å². The minimum absolute atomic E-state index is 0.0529. The molecule has 0 saturated carbocycles. The van der Waals surface area contributed by atoms with Crippen molar-refractivity contribution in [1.82, 2.24) is 9.80 Å². The SMILES string of the molecule is O=C(Nc1ccccc1F)N1CC(=O)N2[C@H](C1)[C@@H](c1ccc(-c3ccc(F)cc3)cc1)[C@@H]2CO. The molecule has 2 fully saturated rings. The first-order chi connectivity index (χ1) is 16.5. The van der Waals surface area contributed by atoms with Gasteiger partial charge in [-0.1, -0.05) is 48.5 Å². The predicted octanol–water partition coefficient (Wildman–Crippen LogP) is 3.83. The Morgan fingerprint density at radius 3 is 2.26 bits per heavy atom. The zero-order valence-electron chi connectivity index (χ0n) is 18.2. The summed E-state index contributed by atoms with van der Waals surface area (Å²) in [4.78, 5) is 28.6. The van der Waals surface area contributed by atoms with Gasteiger partial charge in [-0.25, -0.2) is 13.6 Å². The minimum atomic E-state index is -0.552. The van der Waals surface area contributed by atoms with Crippen molar-refractivity contribution in [3.05, 3.63) is 90.0 Å². The first-order valence-corrected chi connectivity index (χ1v) is 11.0. The molecule has 0 aromatic heterocycles. The number of aliphatic hydroxyl groups excluding tert-OH is 1. The fraction of sp³-hybridized carbons (Fsp3) is 0.231. The molecule has 2 saturated heterocycles. The highest BCUT2D eigenvalue weighted by atomic mass is 19.1. The highest BCUT2D eigenvalue weighted by Crippen LogP contribution is 2.43. The van der Waals surface area contributed by atoms with Gasteiger partial charge in [-0.05, 0) is 41.0 Å². The number of rotatable bonds is 4. The zero-order valence-corrected chi connectivity index (χ0v) is 18.2.